The number of nitrogens with zero attached hydrogens (tertiary/aromatic N) is 4. The van der Waals surface area contributed by atoms with E-state index in [0.717, 1.165) is 47.4 Å². The molecule has 1 aromatic carbocycles. The van der Waals surface area contributed by atoms with E-state index in [4.69, 9.17) is 14.2 Å². The molecular weight excluding hydrogens is 454 g/mol. The van der Waals surface area contributed by atoms with Crippen LogP contribution in [0.4, 0.5) is 0 Å². The SMILES string of the molecule is COc1ccc(COc2ccc(Cn3cnc4cc(C#CC5CCCNC5)cnc43)cc2OC)cn1. The number of hydrogen-bond acceptors (Lipinski definition) is 7. The zero-order valence-corrected chi connectivity index (χ0v) is 20.5. The van der Waals surface area contributed by atoms with E-state index in [1.54, 1.807) is 20.4 Å². The molecular formula is C28H29N5O3. The molecule has 0 spiro atoms. The van der Waals surface area contributed by atoms with Gasteiger partial charge in [-0.3, -0.25) is 0 Å². The van der Waals surface area contributed by atoms with Crippen LogP contribution in [0.2, 0.25) is 0 Å². The lowest BCUT2D eigenvalue weighted by Crippen LogP contribution is -2.28. The molecule has 1 atom stereocenters. The molecule has 0 radical (unpaired) electrons. The number of benzene rings is 1. The van der Waals surface area contributed by atoms with E-state index in [0.29, 0.717) is 36.4 Å². The van der Waals surface area contributed by atoms with Crippen molar-refractivity contribution < 1.29 is 14.2 Å². The van der Waals surface area contributed by atoms with E-state index in [2.05, 4.69) is 32.1 Å². The zero-order chi connectivity index (χ0) is 24.7. The van der Waals surface area contributed by atoms with Crippen LogP contribution < -0.4 is 19.5 Å². The maximum atomic E-state index is 5.97. The van der Waals surface area contributed by atoms with Crippen molar-refractivity contribution in [3.05, 3.63) is 71.8 Å². The number of methoxy groups -OCH3 is 2. The summed E-state index contributed by atoms with van der Waals surface area (Å²) in [6.07, 6.45) is 7.71. The Morgan fingerprint density at radius 1 is 1.00 bits per heavy atom. The van der Waals surface area contributed by atoms with Crippen molar-refractivity contribution in [2.75, 3.05) is 27.3 Å². The van der Waals surface area contributed by atoms with Gasteiger partial charge < -0.3 is 24.1 Å². The molecule has 1 saturated heterocycles. The first-order valence-electron chi connectivity index (χ1n) is 12.0. The summed E-state index contributed by atoms with van der Waals surface area (Å²) in [7, 11) is 3.23. The van der Waals surface area contributed by atoms with Crippen LogP contribution in [-0.2, 0) is 13.2 Å². The summed E-state index contributed by atoms with van der Waals surface area (Å²) in [5, 5.41) is 3.40. The predicted molar refractivity (Wildman–Crippen MR) is 137 cm³/mol. The van der Waals surface area contributed by atoms with Gasteiger partial charge in [0.1, 0.15) is 12.1 Å². The minimum Gasteiger partial charge on any atom is -0.493 e. The Balaban J connectivity index is 1.27. The molecule has 0 amide bonds. The van der Waals surface area contributed by atoms with Crippen molar-refractivity contribution >= 4 is 11.2 Å². The Kier molecular flexibility index (Phi) is 7.29. The third-order valence-electron chi connectivity index (χ3n) is 6.16. The second-order valence-electron chi connectivity index (χ2n) is 8.73. The molecule has 0 saturated carbocycles. The molecule has 0 aliphatic carbocycles. The van der Waals surface area contributed by atoms with Crippen LogP contribution >= 0.6 is 0 Å². The van der Waals surface area contributed by atoms with Crippen LogP contribution in [-0.4, -0.2) is 46.8 Å². The number of rotatable bonds is 7. The van der Waals surface area contributed by atoms with Gasteiger partial charge in [-0.05, 0) is 49.2 Å². The standard InChI is InChI=1S/C28H29N5O3/c1-34-26-13-22(7-9-25(26)36-18-23-8-10-27(35-2)30-16-23)17-33-19-32-24-12-21(15-31-28(24)33)6-5-20-4-3-11-29-14-20/h7-10,12-13,15-16,19-20,29H,3-4,11,14,17-18H2,1-2H3. The van der Waals surface area contributed by atoms with Crippen molar-refractivity contribution in [3.63, 3.8) is 0 Å². The highest BCUT2D eigenvalue weighted by atomic mass is 16.5. The molecule has 8 nitrogen and oxygen atoms in total. The van der Waals surface area contributed by atoms with E-state index < -0.39 is 0 Å². The quantitative estimate of drug-likeness (QED) is 0.400. The maximum absolute atomic E-state index is 5.97. The van der Waals surface area contributed by atoms with Crippen LogP contribution in [0.5, 0.6) is 17.4 Å². The van der Waals surface area contributed by atoms with E-state index in [-0.39, 0.29) is 0 Å². The topological polar surface area (TPSA) is 83.3 Å². The van der Waals surface area contributed by atoms with Gasteiger partial charge >= 0.3 is 0 Å². The van der Waals surface area contributed by atoms with Crippen molar-refractivity contribution in [1.82, 2.24) is 24.8 Å². The summed E-state index contributed by atoms with van der Waals surface area (Å²) in [5.41, 5.74) is 4.56. The Bertz CT molecular complexity index is 1380. The molecule has 0 bridgehead atoms. The lowest BCUT2D eigenvalue weighted by molar-refractivity contribution is 0.283. The molecule has 4 heterocycles. The molecule has 184 valence electrons. The molecule has 3 aromatic heterocycles. The fourth-order valence-corrected chi connectivity index (χ4v) is 4.20. The fourth-order valence-electron chi connectivity index (χ4n) is 4.20. The highest BCUT2D eigenvalue weighted by Crippen LogP contribution is 2.29. The van der Waals surface area contributed by atoms with Gasteiger partial charge in [0.15, 0.2) is 17.1 Å². The largest absolute Gasteiger partial charge is 0.493 e. The summed E-state index contributed by atoms with van der Waals surface area (Å²) < 4.78 is 18.7. The number of piperidine rings is 1. The number of hydrogen-bond donors (Lipinski definition) is 1. The van der Waals surface area contributed by atoms with Gasteiger partial charge in [0.25, 0.3) is 0 Å². The zero-order valence-electron chi connectivity index (χ0n) is 20.5. The summed E-state index contributed by atoms with van der Waals surface area (Å²) in [5.74, 6) is 8.96. The molecule has 5 rings (SSSR count). The number of imidazole rings is 1. The van der Waals surface area contributed by atoms with Crippen LogP contribution in [0, 0.1) is 17.8 Å². The number of pyridine rings is 2. The summed E-state index contributed by atoms with van der Waals surface area (Å²) in [6, 6.07) is 11.7. The molecule has 1 aliphatic rings. The normalized spacial score (nSPS) is 15.2. The summed E-state index contributed by atoms with van der Waals surface area (Å²) in [4.78, 5) is 13.4. The first-order chi connectivity index (χ1) is 17.7. The molecule has 4 aromatic rings. The average Bonchev–Trinajstić information content (AvgIpc) is 3.33. The predicted octanol–water partition coefficient (Wildman–Crippen LogP) is 3.82. The van der Waals surface area contributed by atoms with Gasteiger partial charge in [0.05, 0.1) is 27.1 Å². The molecule has 1 fully saturated rings. The van der Waals surface area contributed by atoms with Gasteiger partial charge in [-0.25, -0.2) is 15.0 Å². The van der Waals surface area contributed by atoms with Gasteiger partial charge in [0, 0.05) is 42.0 Å². The molecule has 1 aliphatic heterocycles. The van der Waals surface area contributed by atoms with Gasteiger partial charge in [-0.2, -0.15) is 0 Å². The van der Waals surface area contributed by atoms with Crippen LogP contribution in [0.15, 0.2) is 55.1 Å². The number of nitrogens with one attached hydrogen (secondary N) is 1. The Labute approximate surface area is 210 Å². The monoisotopic (exact) mass is 483 g/mol. The Morgan fingerprint density at radius 3 is 2.69 bits per heavy atom. The lowest BCUT2D eigenvalue weighted by Gasteiger charge is -2.17. The first kappa shape index (κ1) is 23.6. The lowest BCUT2D eigenvalue weighted by atomic mass is 10.00. The third kappa shape index (κ3) is 5.58. The molecule has 1 N–H and O–H groups in total. The van der Waals surface area contributed by atoms with Crippen LogP contribution in [0.1, 0.15) is 29.5 Å². The van der Waals surface area contributed by atoms with Crippen molar-refractivity contribution in [2.45, 2.75) is 26.0 Å². The molecule has 8 heteroatoms. The van der Waals surface area contributed by atoms with E-state index in [1.807, 2.05) is 53.5 Å². The minimum atomic E-state index is 0.380. The minimum absolute atomic E-state index is 0.380. The third-order valence-corrected chi connectivity index (χ3v) is 6.16. The van der Waals surface area contributed by atoms with Crippen molar-refractivity contribution in [2.24, 2.45) is 5.92 Å². The molecule has 36 heavy (non-hydrogen) atoms. The summed E-state index contributed by atoms with van der Waals surface area (Å²) >= 11 is 0. The average molecular weight is 484 g/mol. The molecule has 1 unspecified atom stereocenters. The van der Waals surface area contributed by atoms with Gasteiger partial charge in [-0.1, -0.05) is 17.9 Å². The highest BCUT2D eigenvalue weighted by molar-refractivity contribution is 5.72. The Morgan fingerprint density at radius 2 is 1.92 bits per heavy atom. The number of ether oxygens (including phenoxy) is 3. The van der Waals surface area contributed by atoms with Gasteiger partial charge in [0.2, 0.25) is 5.88 Å². The Hall–Kier alpha value is -4.09. The van der Waals surface area contributed by atoms with Crippen molar-refractivity contribution in [3.8, 4) is 29.2 Å². The number of aromatic nitrogens is 4. The van der Waals surface area contributed by atoms with E-state index in [1.165, 1.54) is 6.42 Å². The van der Waals surface area contributed by atoms with Gasteiger partial charge in [-0.15, -0.1) is 0 Å². The number of fused-ring (bicyclic) bond motifs is 1. The first-order valence-corrected chi connectivity index (χ1v) is 12.0. The van der Waals surface area contributed by atoms with Crippen LogP contribution in [0.3, 0.4) is 0 Å². The second-order valence-corrected chi connectivity index (χ2v) is 8.73. The maximum Gasteiger partial charge on any atom is 0.212 e. The van der Waals surface area contributed by atoms with Crippen LogP contribution in [0.25, 0.3) is 11.2 Å². The van der Waals surface area contributed by atoms with Crippen molar-refractivity contribution in [1.29, 1.82) is 0 Å². The smallest absolute Gasteiger partial charge is 0.212 e. The van der Waals surface area contributed by atoms with E-state index in [9.17, 15) is 0 Å². The summed E-state index contributed by atoms with van der Waals surface area (Å²) in [6.45, 7) is 3.04. The van der Waals surface area contributed by atoms with E-state index >= 15 is 0 Å². The fraction of sp³-hybridized carbons (Fsp3) is 0.321. The second kappa shape index (κ2) is 11.1. The highest BCUT2D eigenvalue weighted by Gasteiger charge is 2.11.